The van der Waals surface area contributed by atoms with E-state index in [1.54, 1.807) is 36.4 Å². The van der Waals surface area contributed by atoms with Gasteiger partial charge in [-0.15, -0.1) is 0 Å². The van der Waals surface area contributed by atoms with Crippen molar-refractivity contribution < 1.29 is 23.8 Å². The molecule has 8 nitrogen and oxygen atoms in total. The highest BCUT2D eigenvalue weighted by Gasteiger charge is 2.17. The van der Waals surface area contributed by atoms with Gasteiger partial charge < -0.3 is 19.5 Å². The van der Waals surface area contributed by atoms with Crippen molar-refractivity contribution in [1.82, 2.24) is 9.97 Å². The van der Waals surface area contributed by atoms with Gasteiger partial charge in [-0.3, -0.25) is 4.79 Å². The van der Waals surface area contributed by atoms with Gasteiger partial charge in [0.15, 0.2) is 6.61 Å². The average Bonchev–Trinajstić information content (AvgIpc) is 3.00. The number of nitrogens with one attached hydrogen (secondary N) is 1. The smallest absolute Gasteiger partial charge is 0.338 e. The third kappa shape index (κ3) is 5.70. The van der Waals surface area contributed by atoms with Crippen molar-refractivity contribution in [3.05, 3.63) is 103 Å². The van der Waals surface area contributed by atoms with Gasteiger partial charge in [0.25, 0.3) is 5.91 Å². The molecule has 5 rings (SSSR count). The molecule has 0 bridgehead atoms. The summed E-state index contributed by atoms with van der Waals surface area (Å²) >= 11 is 0. The second kappa shape index (κ2) is 11.4. The number of hydrogen-bond acceptors (Lipinski definition) is 7. The molecule has 0 spiro atoms. The number of hydrogen-bond donors (Lipinski definition) is 1. The van der Waals surface area contributed by atoms with E-state index in [0.29, 0.717) is 33.9 Å². The number of aromatic nitrogens is 2. The SMILES string of the molecule is COc1ccc(NC(=O)COC(=O)c2ccc3nc(-c4ccccc4)c(-c4ccccc4)nc3c2)c(OC)c1. The topological polar surface area (TPSA) is 99.6 Å². The van der Waals surface area contributed by atoms with E-state index in [-0.39, 0.29) is 5.56 Å². The van der Waals surface area contributed by atoms with E-state index in [4.69, 9.17) is 24.2 Å². The fourth-order valence-electron chi connectivity index (χ4n) is 4.08. The number of nitrogens with zero attached hydrogens (tertiary/aromatic N) is 2. The van der Waals surface area contributed by atoms with Crippen molar-refractivity contribution in [3.8, 4) is 34.0 Å². The zero-order chi connectivity index (χ0) is 27.2. The molecule has 0 aliphatic rings. The Morgan fingerprint density at radius 2 is 1.36 bits per heavy atom. The Balaban J connectivity index is 1.37. The number of ether oxygens (including phenoxy) is 3. The van der Waals surface area contributed by atoms with Gasteiger partial charge in [0.1, 0.15) is 11.5 Å². The quantitative estimate of drug-likeness (QED) is 0.260. The third-order valence-corrected chi connectivity index (χ3v) is 6.01. The predicted octanol–water partition coefficient (Wildman–Crippen LogP) is 5.78. The minimum Gasteiger partial charge on any atom is -0.497 e. The molecule has 39 heavy (non-hydrogen) atoms. The molecule has 0 fully saturated rings. The summed E-state index contributed by atoms with van der Waals surface area (Å²) in [5.41, 5.74) is 5.16. The third-order valence-electron chi connectivity index (χ3n) is 6.01. The first-order chi connectivity index (χ1) is 19.1. The summed E-state index contributed by atoms with van der Waals surface area (Å²) in [6.07, 6.45) is 0. The first-order valence-corrected chi connectivity index (χ1v) is 12.2. The predicted molar refractivity (Wildman–Crippen MR) is 149 cm³/mol. The Morgan fingerprint density at radius 1 is 0.718 bits per heavy atom. The number of amides is 1. The van der Waals surface area contributed by atoms with Crippen LogP contribution in [0.1, 0.15) is 10.4 Å². The van der Waals surface area contributed by atoms with Gasteiger partial charge in [-0.1, -0.05) is 60.7 Å². The van der Waals surface area contributed by atoms with Crippen LogP contribution in [0.5, 0.6) is 11.5 Å². The Morgan fingerprint density at radius 3 is 1.97 bits per heavy atom. The lowest BCUT2D eigenvalue weighted by Crippen LogP contribution is -2.21. The molecule has 0 saturated heterocycles. The molecule has 0 aliphatic heterocycles. The van der Waals surface area contributed by atoms with Crippen molar-refractivity contribution in [2.45, 2.75) is 0 Å². The second-order valence-corrected chi connectivity index (χ2v) is 8.55. The van der Waals surface area contributed by atoms with Crippen LogP contribution in [-0.2, 0) is 9.53 Å². The van der Waals surface area contributed by atoms with E-state index < -0.39 is 18.5 Å². The van der Waals surface area contributed by atoms with Crippen LogP contribution in [0.3, 0.4) is 0 Å². The minimum atomic E-state index is -0.649. The molecule has 194 valence electrons. The molecule has 0 aliphatic carbocycles. The summed E-state index contributed by atoms with van der Waals surface area (Å²) in [6.45, 7) is -0.472. The Labute approximate surface area is 225 Å². The maximum absolute atomic E-state index is 12.8. The lowest BCUT2D eigenvalue weighted by molar-refractivity contribution is -0.119. The van der Waals surface area contributed by atoms with Crippen molar-refractivity contribution in [2.75, 3.05) is 26.1 Å². The van der Waals surface area contributed by atoms with Crippen LogP contribution in [0.15, 0.2) is 97.1 Å². The van der Waals surface area contributed by atoms with Crippen LogP contribution in [-0.4, -0.2) is 42.7 Å². The molecular formula is C31H25N3O5. The number of carbonyl (C=O) groups is 2. The Bertz CT molecular complexity index is 1640. The highest BCUT2D eigenvalue weighted by Crippen LogP contribution is 2.31. The van der Waals surface area contributed by atoms with Gasteiger partial charge in [0, 0.05) is 17.2 Å². The number of carbonyl (C=O) groups excluding carboxylic acids is 2. The number of rotatable bonds is 8. The zero-order valence-corrected chi connectivity index (χ0v) is 21.4. The minimum absolute atomic E-state index is 0.262. The molecule has 1 aromatic heterocycles. The lowest BCUT2D eigenvalue weighted by atomic mass is 10.0. The molecular weight excluding hydrogens is 494 g/mol. The lowest BCUT2D eigenvalue weighted by Gasteiger charge is -2.12. The van der Waals surface area contributed by atoms with Crippen molar-refractivity contribution >= 4 is 28.6 Å². The maximum atomic E-state index is 12.8. The highest BCUT2D eigenvalue weighted by atomic mass is 16.5. The summed E-state index contributed by atoms with van der Waals surface area (Å²) < 4.78 is 15.7. The molecule has 0 radical (unpaired) electrons. The second-order valence-electron chi connectivity index (χ2n) is 8.55. The maximum Gasteiger partial charge on any atom is 0.338 e. The Kier molecular flexibility index (Phi) is 7.45. The number of benzene rings is 4. The van der Waals surface area contributed by atoms with Crippen LogP contribution in [0.25, 0.3) is 33.5 Å². The van der Waals surface area contributed by atoms with E-state index in [1.165, 1.54) is 14.2 Å². The van der Waals surface area contributed by atoms with Crippen LogP contribution in [0, 0.1) is 0 Å². The van der Waals surface area contributed by atoms with Crippen LogP contribution < -0.4 is 14.8 Å². The molecule has 4 aromatic carbocycles. The van der Waals surface area contributed by atoms with E-state index in [9.17, 15) is 9.59 Å². The molecule has 0 saturated carbocycles. The normalized spacial score (nSPS) is 10.6. The van der Waals surface area contributed by atoms with Crippen LogP contribution in [0.2, 0.25) is 0 Å². The molecule has 0 unspecified atom stereocenters. The Hall–Kier alpha value is -5.24. The van der Waals surface area contributed by atoms with Gasteiger partial charge in [-0.25, -0.2) is 14.8 Å². The number of anilines is 1. The molecule has 1 heterocycles. The van der Waals surface area contributed by atoms with Crippen LogP contribution in [0.4, 0.5) is 5.69 Å². The zero-order valence-electron chi connectivity index (χ0n) is 21.4. The summed E-state index contributed by atoms with van der Waals surface area (Å²) in [5.74, 6) is -0.150. The number of methoxy groups -OCH3 is 2. The largest absolute Gasteiger partial charge is 0.497 e. The standard InChI is InChI=1S/C31H25N3O5/c1-37-23-14-16-25(27(18-23)38-2)32-28(35)19-39-31(36)22-13-15-24-26(17-22)34-30(21-11-7-4-8-12-21)29(33-24)20-9-5-3-6-10-20/h3-18H,19H2,1-2H3,(H,32,35). The van der Waals surface area contributed by atoms with Gasteiger partial charge in [0.2, 0.25) is 0 Å². The molecule has 5 aromatic rings. The highest BCUT2D eigenvalue weighted by molar-refractivity contribution is 5.98. The van der Waals surface area contributed by atoms with Crippen molar-refractivity contribution in [3.63, 3.8) is 0 Å². The van der Waals surface area contributed by atoms with E-state index >= 15 is 0 Å². The molecule has 1 amide bonds. The summed E-state index contributed by atoms with van der Waals surface area (Å²) in [6, 6.07) is 29.5. The van der Waals surface area contributed by atoms with Gasteiger partial charge in [-0.2, -0.15) is 0 Å². The molecule has 8 heteroatoms. The van der Waals surface area contributed by atoms with E-state index in [1.807, 2.05) is 60.7 Å². The number of esters is 1. The van der Waals surface area contributed by atoms with Crippen molar-refractivity contribution in [2.24, 2.45) is 0 Å². The summed E-state index contributed by atoms with van der Waals surface area (Å²) in [4.78, 5) is 35.0. The van der Waals surface area contributed by atoms with Crippen molar-refractivity contribution in [1.29, 1.82) is 0 Å². The summed E-state index contributed by atoms with van der Waals surface area (Å²) in [7, 11) is 3.02. The first kappa shape index (κ1) is 25.4. The first-order valence-electron chi connectivity index (χ1n) is 12.2. The number of fused-ring (bicyclic) bond motifs is 1. The van der Waals surface area contributed by atoms with Gasteiger partial charge in [0.05, 0.1) is 47.9 Å². The van der Waals surface area contributed by atoms with Gasteiger partial charge >= 0.3 is 5.97 Å². The van der Waals surface area contributed by atoms with Gasteiger partial charge in [-0.05, 0) is 30.3 Å². The van der Waals surface area contributed by atoms with E-state index in [0.717, 1.165) is 16.8 Å². The van der Waals surface area contributed by atoms with E-state index in [2.05, 4.69) is 5.32 Å². The molecule has 1 N–H and O–H groups in total. The van der Waals surface area contributed by atoms with Crippen LogP contribution >= 0.6 is 0 Å². The monoisotopic (exact) mass is 519 g/mol. The fourth-order valence-corrected chi connectivity index (χ4v) is 4.08. The summed E-state index contributed by atoms with van der Waals surface area (Å²) in [5, 5.41) is 2.68. The molecule has 0 atom stereocenters. The fraction of sp³-hybridized carbons (Fsp3) is 0.0968. The average molecular weight is 520 g/mol.